The first-order chi connectivity index (χ1) is 15.6. The second kappa shape index (κ2) is 9.39. The number of aryl methyl sites for hydroxylation is 1. The van der Waals surface area contributed by atoms with Gasteiger partial charge in [0.25, 0.3) is 5.56 Å². The number of hydrogen-bond acceptors (Lipinski definition) is 6. The molecule has 3 heterocycles. The van der Waals surface area contributed by atoms with Crippen LogP contribution in [0.3, 0.4) is 0 Å². The molecular formula is C24H29FN4O2S. The molecule has 1 aliphatic carbocycles. The number of rotatable bonds is 6. The normalized spacial score (nSPS) is 20.0. The van der Waals surface area contributed by atoms with Crippen LogP contribution in [0.1, 0.15) is 22.4 Å². The highest BCUT2D eigenvalue weighted by Gasteiger charge is 2.30. The van der Waals surface area contributed by atoms with E-state index in [0.29, 0.717) is 12.6 Å². The Bertz CT molecular complexity index is 1150. The van der Waals surface area contributed by atoms with Gasteiger partial charge in [-0.15, -0.1) is 11.3 Å². The average molecular weight is 457 g/mol. The summed E-state index contributed by atoms with van der Waals surface area (Å²) in [7, 11) is 1.76. The Labute approximate surface area is 191 Å². The minimum absolute atomic E-state index is 0.0121. The van der Waals surface area contributed by atoms with E-state index in [4.69, 9.17) is 4.74 Å². The smallest absolute Gasteiger partial charge is 0.262 e. The molecule has 1 saturated heterocycles. The highest BCUT2D eigenvalue weighted by atomic mass is 32.1. The standard InChI is InChI=1S/C24H29FN4O2S/c1-31-12-11-27-7-9-28(10-8-27)19-5-6-20-21(14-19)32-23-22(20)24(30)29(16-26-23)15-17-3-2-4-18(25)13-17/h2-4,13,16,19H,5-12,14-15H2,1H3. The van der Waals surface area contributed by atoms with Crippen LogP contribution in [0.15, 0.2) is 35.4 Å². The van der Waals surface area contributed by atoms with Gasteiger partial charge < -0.3 is 4.74 Å². The molecule has 1 atom stereocenters. The number of thiophene rings is 1. The Kier molecular flexibility index (Phi) is 6.37. The number of benzene rings is 1. The third-order valence-electron chi connectivity index (χ3n) is 6.79. The van der Waals surface area contributed by atoms with Gasteiger partial charge in [-0.2, -0.15) is 0 Å². The molecule has 32 heavy (non-hydrogen) atoms. The Morgan fingerprint density at radius 1 is 1.25 bits per heavy atom. The van der Waals surface area contributed by atoms with Crippen LogP contribution in [0.25, 0.3) is 10.2 Å². The van der Waals surface area contributed by atoms with Gasteiger partial charge >= 0.3 is 0 Å². The van der Waals surface area contributed by atoms with E-state index >= 15 is 0 Å². The van der Waals surface area contributed by atoms with Gasteiger partial charge in [-0.1, -0.05) is 12.1 Å². The van der Waals surface area contributed by atoms with Crippen LogP contribution < -0.4 is 5.56 Å². The molecule has 1 aromatic carbocycles. The molecule has 170 valence electrons. The highest BCUT2D eigenvalue weighted by Crippen LogP contribution is 2.35. The molecule has 0 spiro atoms. The molecule has 5 rings (SSSR count). The van der Waals surface area contributed by atoms with Crippen molar-refractivity contribution in [1.29, 1.82) is 0 Å². The lowest BCUT2D eigenvalue weighted by Crippen LogP contribution is -2.52. The van der Waals surface area contributed by atoms with Crippen LogP contribution in [0.4, 0.5) is 4.39 Å². The molecule has 1 unspecified atom stereocenters. The van der Waals surface area contributed by atoms with Gasteiger partial charge in [0.2, 0.25) is 0 Å². The van der Waals surface area contributed by atoms with E-state index in [1.54, 1.807) is 35.4 Å². The Hall–Kier alpha value is -2.13. The number of nitrogens with zero attached hydrogens (tertiary/aromatic N) is 4. The van der Waals surface area contributed by atoms with E-state index in [2.05, 4.69) is 14.8 Å². The summed E-state index contributed by atoms with van der Waals surface area (Å²) in [5.74, 6) is -0.289. The average Bonchev–Trinajstić information content (AvgIpc) is 3.18. The summed E-state index contributed by atoms with van der Waals surface area (Å²) in [6.45, 7) is 6.49. The monoisotopic (exact) mass is 456 g/mol. The van der Waals surface area contributed by atoms with Crippen LogP contribution in [-0.2, 0) is 24.1 Å². The lowest BCUT2D eigenvalue weighted by Gasteiger charge is -2.40. The maximum Gasteiger partial charge on any atom is 0.262 e. The van der Waals surface area contributed by atoms with Crippen molar-refractivity contribution in [3.8, 4) is 0 Å². The molecular weight excluding hydrogens is 427 g/mol. The SMILES string of the molecule is COCCN1CCN(C2CCc3c(sc4ncn(Cc5cccc(F)c5)c(=O)c34)C2)CC1. The van der Waals surface area contributed by atoms with E-state index < -0.39 is 0 Å². The molecule has 0 N–H and O–H groups in total. The number of fused-ring (bicyclic) bond motifs is 3. The van der Waals surface area contributed by atoms with Crippen molar-refractivity contribution < 1.29 is 9.13 Å². The van der Waals surface area contributed by atoms with Crippen LogP contribution >= 0.6 is 11.3 Å². The molecule has 8 heteroatoms. The molecule has 6 nitrogen and oxygen atoms in total. The highest BCUT2D eigenvalue weighted by molar-refractivity contribution is 7.18. The zero-order chi connectivity index (χ0) is 22.1. The summed E-state index contributed by atoms with van der Waals surface area (Å²) in [6, 6.07) is 6.93. The number of aromatic nitrogens is 2. The Morgan fingerprint density at radius 2 is 2.09 bits per heavy atom. The number of hydrogen-bond donors (Lipinski definition) is 0. The van der Waals surface area contributed by atoms with Gasteiger partial charge in [0.1, 0.15) is 10.6 Å². The molecule has 0 saturated carbocycles. The first-order valence-corrected chi connectivity index (χ1v) is 12.1. The zero-order valence-electron chi connectivity index (χ0n) is 18.4. The van der Waals surface area contributed by atoms with Crippen molar-refractivity contribution in [1.82, 2.24) is 19.4 Å². The Balaban J connectivity index is 1.32. The largest absolute Gasteiger partial charge is 0.383 e. The minimum atomic E-state index is -0.289. The van der Waals surface area contributed by atoms with Gasteiger partial charge in [-0.05, 0) is 42.5 Å². The fourth-order valence-corrected chi connectivity index (χ4v) is 6.26. The molecule has 1 aliphatic heterocycles. The maximum atomic E-state index is 13.6. The van der Waals surface area contributed by atoms with Crippen molar-refractivity contribution in [3.05, 3.63) is 62.8 Å². The van der Waals surface area contributed by atoms with E-state index in [1.807, 2.05) is 6.07 Å². The molecule has 0 amide bonds. The van der Waals surface area contributed by atoms with E-state index in [1.165, 1.54) is 22.6 Å². The molecule has 1 fully saturated rings. The summed E-state index contributed by atoms with van der Waals surface area (Å²) in [5.41, 5.74) is 1.94. The van der Waals surface area contributed by atoms with Crippen molar-refractivity contribution in [2.75, 3.05) is 46.4 Å². The van der Waals surface area contributed by atoms with E-state index in [9.17, 15) is 9.18 Å². The summed E-state index contributed by atoms with van der Waals surface area (Å²) in [6.07, 6.45) is 4.60. The summed E-state index contributed by atoms with van der Waals surface area (Å²) in [5, 5.41) is 0.770. The van der Waals surface area contributed by atoms with Gasteiger partial charge in [0.05, 0.1) is 24.9 Å². The third-order valence-corrected chi connectivity index (χ3v) is 7.95. The molecule has 0 bridgehead atoms. The maximum absolute atomic E-state index is 13.6. The second-order valence-corrected chi connectivity index (χ2v) is 9.84. The van der Waals surface area contributed by atoms with Crippen molar-refractivity contribution in [3.63, 3.8) is 0 Å². The van der Waals surface area contributed by atoms with Crippen LogP contribution in [0.2, 0.25) is 0 Å². The first kappa shape index (κ1) is 21.7. The molecule has 3 aromatic rings. The zero-order valence-corrected chi connectivity index (χ0v) is 19.2. The topological polar surface area (TPSA) is 50.6 Å². The second-order valence-electron chi connectivity index (χ2n) is 8.76. The van der Waals surface area contributed by atoms with Gasteiger partial charge in [0.15, 0.2) is 0 Å². The summed E-state index contributed by atoms with van der Waals surface area (Å²) in [4.78, 5) is 25.1. The summed E-state index contributed by atoms with van der Waals surface area (Å²) >= 11 is 1.67. The third kappa shape index (κ3) is 4.37. The minimum Gasteiger partial charge on any atom is -0.383 e. The van der Waals surface area contributed by atoms with Crippen molar-refractivity contribution in [2.24, 2.45) is 0 Å². The summed E-state index contributed by atoms with van der Waals surface area (Å²) < 4.78 is 20.4. The van der Waals surface area contributed by atoms with Crippen molar-refractivity contribution in [2.45, 2.75) is 31.8 Å². The van der Waals surface area contributed by atoms with Gasteiger partial charge in [-0.25, -0.2) is 9.37 Å². The predicted molar refractivity (Wildman–Crippen MR) is 125 cm³/mol. The first-order valence-electron chi connectivity index (χ1n) is 11.3. The van der Waals surface area contributed by atoms with Crippen molar-refractivity contribution >= 4 is 21.6 Å². The fourth-order valence-electron chi connectivity index (χ4n) is 5.01. The van der Waals surface area contributed by atoms with Crippen LogP contribution in [0.5, 0.6) is 0 Å². The number of piperazine rings is 1. The number of ether oxygens (including phenoxy) is 1. The fraction of sp³-hybridized carbons (Fsp3) is 0.500. The number of halogens is 1. The van der Waals surface area contributed by atoms with Crippen LogP contribution in [-0.4, -0.2) is 71.8 Å². The molecule has 0 radical (unpaired) electrons. The lowest BCUT2D eigenvalue weighted by atomic mass is 9.91. The number of methoxy groups -OCH3 is 1. The van der Waals surface area contributed by atoms with E-state index in [-0.39, 0.29) is 11.4 Å². The molecule has 2 aromatic heterocycles. The van der Waals surface area contributed by atoms with E-state index in [0.717, 1.165) is 74.4 Å². The van der Waals surface area contributed by atoms with Crippen LogP contribution in [0, 0.1) is 5.82 Å². The van der Waals surface area contributed by atoms with Gasteiger partial charge in [0, 0.05) is 50.8 Å². The quantitative estimate of drug-likeness (QED) is 0.571. The predicted octanol–water partition coefficient (Wildman–Crippen LogP) is 2.77. The van der Waals surface area contributed by atoms with Gasteiger partial charge in [-0.3, -0.25) is 19.2 Å². The lowest BCUT2D eigenvalue weighted by molar-refractivity contribution is 0.0707. The molecule has 2 aliphatic rings. The Morgan fingerprint density at radius 3 is 2.88 bits per heavy atom.